The van der Waals surface area contributed by atoms with Crippen molar-refractivity contribution in [2.75, 3.05) is 33.2 Å². The Morgan fingerprint density at radius 3 is 2.50 bits per heavy atom. The minimum Gasteiger partial charge on any atom is -0.338 e. The number of nitrogens with one attached hydrogen (secondary N) is 1. The lowest BCUT2D eigenvalue weighted by Gasteiger charge is -2.34. The Kier molecular flexibility index (Phi) is 4.53. The average Bonchev–Trinajstić information content (AvgIpc) is 2.58. The molecule has 1 amide bonds. The van der Waals surface area contributed by atoms with E-state index in [0.29, 0.717) is 30.4 Å². The molecule has 7 heteroatoms. The van der Waals surface area contributed by atoms with Gasteiger partial charge in [-0.3, -0.25) is 9.59 Å². The number of H-pyrrole nitrogens is 1. The molecule has 1 fully saturated rings. The number of fused-ring (bicyclic) bond motifs is 1. The summed E-state index contributed by atoms with van der Waals surface area (Å²) in [5, 5.41) is 0.418. The molecule has 1 atom stereocenters. The van der Waals surface area contributed by atoms with Crippen LogP contribution in [0.5, 0.6) is 0 Å². The summed E-state index contributed by atoms with van der Waals surface area (Å²) in [5.74, 6) is -0.159. The lowest BCUT2D eigenvalue weighted by atomic mass is 10.1. The number of aromatic amines is 1. The van der Waals surface area contributed by atoms with E-state index in [1.807, 2.05) is 14.0 Å². The van der Waals surface area contributed by atoms with Crippen LogP contribution in [0.25, 0.3) is 10.9 Å². The quantitative estimate of drug-likeness (QED) is 0.884. The van der Waals surface area contributed by atoms with E-state index in [-0.39, 0.29) is 5.91 Å². The third kappa shape index (κ3) is 2.87. The normalized spacial score (nSPS) is 17.2. The van der Waals surface area contributed by atoms with Gasteiger partial charge in [-0.15, -0.1) is 0 Å². The van der Waals surface area contributed by atoms with Crippen LogP contribution in [0.1, 0.15) is 19.4 Å². The van der Waals surface area contributed by atoms with E-state index >= 15 is 0 Å². The molecule has 3 rings (SSSR count). The van der Waals surface area contributed by atoms with Crippen LogP contribution in [0, 0.1) is 0 Å². The van der Waals surface area contributed by atoms with Gasteiger partial charge in [-0.2, -0.15) is 0 Å². The van der Waals surface area contributed by atoms with Gasteiger partial charge < -0.3 is 14.8 Å². The number of hydrogen-bond acceptors (Lipinski definition) is 4. The lowest BCUT2D eigenvalue weighted by molar-refractivity contribution is -0.136. The Hall–Kier alpha value is -2.41. The molecule has 1 aliphatic heterocycles. The zero-order valence-corrected chi connectivity index (χ0v) is 14.0. The molecule has 1 N–H and O–H groups in total. The fourth-order valence-corrected chi connectivity index (χ4v) is 3.16. The molecule has 1 aliphatic rings. The van der Waals surface area contributed by atoms with Crippen molar-refractivity contribution < 1.29 is 4.79 Å². The van der Waals surface area contributed by atoms with Gasteiger partial charge in [0, 0.05) is 26.2 Å². The van der Waals surface area contributed by atoms with Crippen LogP contribution in [0.3, 0.4) is 0 Å². The predicted molar refractivity (Wildman–Crippen MR) is 92.2 cm³/mol. The standard InChI is InChI=1S/C17H22N4O3/c1-3-14(16(23)20-10-8-19(2)9-11-20)21-15(22)12-6-4-5-7-13(12)18-17(21)24/h4-7,14H,3,8-11H2,1-2H3,(H,18,24)/t14-/m1/s1. The van der Waals surface area contributed by atoms with Gasteiger partial charge in [-0.05, 0) is 25.6 Å². The highest BCUT2D eigenvalue weighted by molar-refractivity contribution is 5.82. The topological polar surface area (TPSA) is 78.4 Å². The van der Waals surface area contributed by atoms with Gasteiger partial charge in [0.1, 0.15) is 6.04 Å². The Labute approximate surface area is 139 Å². The number of amides is 1. The van der Waals surface area contributed by atoms with Crippen LogP contribution in [0.15, 0.2) is 33.9 Å². The second kappa shape index (κ2) is 6.60. The van der Waals surface area contributed by atoms with Crippen molar-refractivity contribution >= 4 is 16.8 Å². The highest BCUT2D eigenvalue weighted by atomic mass is 16.2. The van der Waals surface area contributed by atoms with Gasteiger partial charge in [0.05, 0.1) is 10.9 Å². The van der Waals surface area contributed by atoms with Gasteiger partial charge in [0.2, 0.25) is 5.91 Å². The molecule has 0 radical (unpaired) electrons. The van der Waals surface area contributed by atoms with Crippen LogP contribution < -0.4 is 11.2 Å². The van der Waals surface area contributed by atoms with Gasteiger partial charge in [0.15, 0.2) is 0 Å². The summed E-state index contributed by atoms with van der Waals surface area (Å²) >= 11 is 0. The molecule has 0 spiro atoms. The van der Waals surface area contributed by atoms with Crippen LogP contribution in [0.4, 0.5) is 0 Å². The highest BCUT2D eigenvalue weighted by Gasteiger charge is 2.29. The number of benzene rings is 1. The second-order valence-corrected chi connectivity index (χ2v) is 6.20. The Balaban J connectivity index is 2.02. The molecule has 1 aromatic heterocycles. The smallest absolute Gasteiger partial charge is 0.329 e. The molecule has 128 valence electrons. The van der Waals surface area contributed by atoms with E-state index in [2.05, 4.69) is 9.88 Å². The summed E-state index contributed by atoms with van der Waals surface area (Å²) < 4.78 is 1.07. The molecular weight excluding hydrogens is 308 g/mol. The largest absolute Gasteiger partial charge is 0.338 e. The maximum Gasteiger partial charge on any atom is 0.329 e. The van der Waals surface area contributed by atoms with Crippen molar-refractivity contribution in [3.8, 4) is 0 Å². The van der Waals surface area contributed by atoms with Crippen LogP contribution >= 0.6 is 0 Å². The number of rotatable bonds is 3. The third-order valence-corrected chi connectivity index (χ3v) is 4.64. The zero-order valence-electron chi connectivity index (χ0n) is 14.0. The number of piperazine rings is 1. The maximum atomic E-state index is 12.9. The lowest BCUT2D eigenvalue weighted by Crippen LogP contribution is -2.51. The van der Waals surface area contributed by atoms with Crippen molar-refractivity contribution in [1.29, 1.82) is 0 Å². The number of hydrogen-bond donors (Lipinski definition) is 1. The molecule has 1 aromatic carbocycles. The average molecular weight is 330 g/mol. The summed E-state index contributed by atoms with van der Waals surface area (Å²) in [4.78, 5) is 44.7. The number of likely N-dealkylation sites (N-methyl/N-ethyl adjacent to an activating group) is 1. The molecule has 0 unspecified atom stereocenters. The van der Waals surface area contributed by atoms with Crippen LogP contribution in [0.2, 0.25) is 0 Å². The van der Waals surface area contributed by atoms with E-state index in [1.165, 1.54) is 0 Å². The molecule has 0 saturated carbocycles. The zero-order chi connectivity index (χ0) is 17.3. The third-order valence-electron chi connectivity index (χ3n) is 4.64. The van der Waals surface area contributed by atoms with Crippen molar-refractivity contribution in [3.63, 3.8) is 0 Å². The summed E-state index contributed by atoms with van der Waals surface area (Å²) in [6.45, 7) is 4.65. The summed E-state index contributed by atoms with van der Waals surface area (Å²) in [7, 11) is 2.01. The van der Waals surface area contributed by atoms with Gasteiger partial charge in [0.25, 0.3) is 5.56 Å². The van der Waals surface area contributed by atoms with Crippen LogP contribution in [-0.2, 0) is 4.79 Å². The van der Waals surface area contributed by atoms with E-state index in [0.717, 1.165) is 17.7 Å². The van der Waals surface area contributed by atoms with E-state index < -0.39 is 17.3 Å². The first-order valence-corrected chi connectivity index (χ1v) is 8.23. The van der Waals surface area contributed by atoms with Gasteiger partial charge >= 0.3 is 5.69 Å². The molecule has 7 nitrogen and oxygen atoms in total. The number of aromatic nitrogens is 2. The van der Waals surface area contributed by atoms with Crippen LogP contribution in [-0.4, -0.2) is 58.5 Å². The highest BCUT2D eigenvalue weighted by Crippen LogP contribution is 2.14. The maximum absolute atomic E-state index is 12.9. The monoisotopic (exact) mass is 330 g/mol. The Morgan fingerprint density at radius 1 is 1.17 bits per heavy atom. The fourth-order valence-electron chi connectivity index (χ4n) is 3.16. The van der Waals surface area contributed by atoms with Crippen molar-refractivity contribution in [3.05, 3.63) is 45.1 Å². The van der Waals surface area contributed by atoms with Crippen molar-refractivity contribution in [2.45, 2.75) is 19.4 Å². The molecule has 0 aliphatic carbocycles. The van der Waals surface area contributed by atoms with Crippen molar-refractivity contribution in [1.82, 2.24) is 19.4 Å². The predicted octanol–water partition coefficient (Wildman–Crippen LogP) is 0.415. The number of carbonyl (C=O) groups is 1. The summed E-state index contributed by atoms with van der Waals surface area (Å²) in [5.41, 5.74) is -0.456. The summed E-state index contributed by atoms with van der Waals surface area (Å²) in [6.07, 6.45) is 0.395. The molecule has 2 aromatic rings. The first-order valence-electron chi connectivity index (χ1n) is 8.23. The number of carbonyl (C=O) groups excluding carboxylic acids is 1. The van der Waals surface area contributed by atoms with Crippen molar-refractivity contribution in [2.24, 2.45) is 0 Å². The first kappa shape index (κ1) is 16.4. The molecular formula is C17H22N4O3. The minimum atomic E-state index is -0.769. The SMILES string of the molecule is CC[C@H](C(=O)N1CCN(C)CC1)n1c(=O)[nH]c2ccccc2c1=O. The van der Waals surface area contributed by atoms with Gasteiger partial charge in [-0.1, -0.05) is 19.1 Å². The first-order chi connectivity index (χ1) is 11.5. The molecule has 1 saturated heterocycles. The van der Waals surface area contributed by atoms with E-state index in [9.17, 15) is 14.4 Å². The second-order valence-electron chi connectivity index (χ2n) is 6.20. The van der Waals surface area contributed by atoms with E-state index in [4.69, 9.17) is 0 Å². The fraction of sp³-hybridized carbons (Fsp3) is 0.471. The number of nitrogens with zero attached hydrogens (tertiary/aromatic N) is 3. The minimum absolute atomic E-state index is 0.159. The van der Waals surface area contributed by atoms with Gasteiger partial charge in [-0.25, -0.2) is 9.36 Å². The Morgan fingerprint density at radius 2 is 1.83 bits per heavy atom. The molecule has 0 bridgehead atoms. The Bertz CT molecular complexity index is 862. The number of para-hydroxylation sites is 1. The summed E-state index contributed by atoms with van der Waals surface area (Å²) in [6, 6.07) is 6.09. The molecule has 24 heavy (non-hydrogen) atoms. The van der Waals surface area contributed by atoms with E-state index in [1.54, 1.807) is 29.2 Å². The molecule has 2 heterocycles.